The van der Waals surface area contributed by atoms with Gasteiger partial charge < -0.3 is 9.64 Å². The predicted molar refractivity (Wildman–Crippen MR) is 77.1 cm³/mol. The summed E-state index contributed by atoms with van der Waals surface area (Å²) in [6, 6.07) is 7.21. The second-order valence-electron chi connectivity index (χ2n) is 5.50. The molecule has 4 heteroatoms. The number of nitrogens with zero attached hydrogens (tertiary/aromatic N) is 2. The Bertz CT molecular complexity index is 498. The van der Waals surface area contributed by atoms with Crippen molar-refractivity contribution in [3.63, 3.8) is 0 Å². The number of rotatable bonds is 5. The van der Waals surface area contributed by atoms with Crippen molar-refractivity contribution in [2.75, 3.05) is 25.2 Å². The van der Waals surface area contributed by atoms with Gasteiger partial charge >= 0.3 is 0 Å². The van der Waals surface area contributed by atoms with Crippen LogP contribution in [-0.4, -0.2) is 26.3 Å². The van der Waals surface area contributed by atoms with Crippen molar-refractivity contribution in [2.24, 2.45) is 5.92 Å². The van der Waals surface area contributed by atoms with Crippen molar-refractivity contribution in [2.45, 2.75) is 32.2 Å². The SMILES string of the molecule is COCCN(c1cccc(F)c1C#N)C1CCC(C)C1. The summed E-state index contributed by atoms with van der Waals surface area (Å²) in [5.41, 5.74) is 0.840. The average Bonchev–Trinajstić information content (AvgIpc) is 2.86. The number of nitriles is 1. The smallest absolute Gasteiger partial charge is 0.143 e. The highest BCUT2D eigenvalue weighted by atomic mass is 19.1. The molecule has 1 fully saturated rings. The minimum Gasteiger partial charge on any atom is -0.383 e. The summed E-state index contributed by atoms with van der Waals surface area (Å²) in [7, 11) is 1.66. The van der Waals surface area contributed by atoms with E-state index in [0.29, 0.717) is 30.8 Å². The van der Waals surface area contributed by atoms with E-state index >= 15 is 0 Å². The maximum Gasteiger partial charge on any atom is 0.143 e. The van der Waals surface area contributed by atoms with Crippen molar-refractivity contribution in [1.29, 1.82) is 5.26 Å². The number of halogens is 1. The fraction of sp³-hybridized carbons (Fsp3) is 0.562. The molecule has 0 N–H and O–H groups in total. The number of hydrogen-bond acceptors (Lipinski definition) is 3. The van der Waals surface area contributed by atoms with Gasteiger partial charge in [0, 0.05) is 19.7 Å². The Morgan fingerprint density at radius 1 is 1.45 bits per heavy atom. The summed E-state index contributed by atoms with van der Waals surface area (Å²) in [6.45, 7) is 3.50. The summed E-state index contributed by atoms with van der Waals surface area (Å²) < 4.78 is 19.0. The van der Waals surface area contributed by atoms with E-state index in [-0.39, 0.29) is 5.56 Å². The van der Waals surface area contributed by atoms with Crippen LogP contribution in [0.2, 0.25) is 0 Å². The van der Waals surface area contributed by atoms with E-state index < -0.39 is 5.82 Å². The van der Waals surface area contributed by atoms with Crippen molar-refractivity contribution >= 4 is 5.69 Å². The van der Waals surface area contributed by atoms with E-state index in [1.54, 1.807) is 13.2 Å². The molecule has 0 aliphatic heterocycles. The van der Waals surface area contributed by atoms with Gasteiger partial charge in [-0.25, -0.2) is 4.39 Å². The molecule has 1 aliphatic carbocycles. The molecule has 0 radical (unpaired) electrons. The molecule has 1 saturated carbocycles. The zero-order valence-electron chi connectivity index (χ0n) is 12.1. The predicted octanol–water partition coefficient (Wildman–Crippen LogP) is 3.34. The Morgan fingerprint density at radius 2 is 2.25 bits per heavy atom. The van der Waals surface area contributed by atoms with Gasteiger partial charge in [-0.05, 0) is 37.3 Å². The zero-order valence-corrected chi connectivity index (χ0v) is 12.1. The Labute approximate surface area is 120 Å². The van der Waals surface area contributed by atoms with Crippen LogP contribution in [0.3, 0.4) is 0 Å². The lowest BCUT2D eigenvalue weighted by Crippen LogP contribution is -2.37. The molecule has 1 aliphatic rings. The fourth-order valence-electron chi connectivity index (χ4n) is 3.01. The quantitative estimate of drug-likeness (QED) is 0.827. The van der Waals surface area contributed by atoms with Crippen molar-refractivity contribution < 1.29 is 9.13 Å². The van der Waals surface area contributed by atoms with Gasteiger partial charge in [0.25, 0.3) is 0 Å². The molecule has 2 unspecified atom stereocenters. The summed E-state index contributed by atoms with van der Waals surface area (Å²) in [5.74, 6) is 0.239. The molecule has 20 heavy (non-hydrogen) atoms. The van der Waals surface area contributed by atoms with Crippen LogP contribution in [-0.2, 0) is 4.74 Å². The van der Waals surface area contributed by atoms with Gasteiger partial charge in [-0.1, -0.05) is 13.0 Å². The van der Waals surface area contributed by atoms with Gasteiger partial charge in [-0.15, -0.1) is 0 Å². The summed E-state index contributed by atoms with van der Waals surface area (Å²) in [5, 5.41) is 9.22. The van der Waals surface area contributed by atoms with E-state index in [1.807, 2.05) is 12.1 Å². The highest BCUT2D eigenvalue weighted by Crippen LogP contribution is 2.33. The summed E-state index contributed by atoms with van der Waals surface area (Å²) in [4.78, 5) is 2.15. The van der Waals surface area contributed by atoms with Crippen LogP contribution in [0, 0.1) is 23.1 Å². The molecule has 0 spiro atoms. The number of hydrogen-bond donors (Lipinski definition) is 0. The third kappa shape index (κ3) is 3.10. The third-order valence-electron chi connectivity index (χ3n) is 4.06. The Kier molecular flexibility index (Phi) is 4.97. The fourth-order valence-corrected chi connectivity index (χ4v) is 3.01. The molecule has 2 atom stereocenters. The number of anilines is 1. The lowest BCUT2D eigenvalue weighted by molar-refractivity contribution is 0.203. The maximum absolute atomic E-state index is 13.8. The molecule has 2 rings (SSSR count). The van der Waals surface area contributed by atoms with E-state index in [9.17, 15) is 9.65 Å². The average molecular weight is 276 g/mol. The van der Waals surface area contributed by atoms with Crippen LogP contribution < -0.4 is 4.90 Å². The number of ether oxygens (including phenoxy) is 1. The summed E-state index contributed by atoms with van der Waals surface area (Å²) in [6.07, 6.45) is 3.36. The third-order valence-corrected chi connectivity index (χ3v) is 4.06. The van der Waals surface area contributed by atoms with Crippen molar-refractivity contribution in [3.8, 4) is 6.07 Å². The van der Waals surface area contributed by atoms with Crippen LogP contribution in [0.15, 0.2) is 18.2 Å². The van der Waals surface area contributed by atoms with Gasteiger partial charge in [0.05, 0.1) is 12.3 Å². The molecule has 0 aromatic heterocycles. The van der Waals surface area contributed by atoms with Crippen LogP contribution in [0.5, 0.6) is 0 Å². The first-order chi connectivity index (χ1) is 9.67. The van der Waals surface area contributed by atoms with Crippen LogP contribution >= 0.6 is 0 Å². The number of methoxy groups -OCH3 is 1. The van der Waals surface area contributed by atoms with Gasteiger partial charge in [0.2, 0.25) is 0 Å². The lowest BCUT2D eigenvalue weighted by Gasteiger charge is -2.32. The molecule has 108 valence electrons. The molecule has 3 nitrogen and oxygen atoms in total. The monoisotopic (exact) mass is 276 g/mol. The van der Waals surface area contributed by atoms with E-state index in [4.69, 9.17) is 4.74 Å². The highest BCUT2D eigenvalue weighted by Gasteiger charge is 2.28. The molecule has 0 heterocycles. The highest BCUT2D eigenvalue weighted by molar-refractivity contribution is 5.60. The minimum absolute atomic E-state index is 0.142. The Balaban J connectivity index is 2.31. The van der Waals surface area contributed by atoms with E-state index in [0.717, 1.165) is 12.8 Å². The van der Waals surface area contributed by atoms with Crippen molar-refractivity contribution in [3.05, 3.63) is 29.6 Å². The lowest BCUT2D eigenvalue weighted by atomic mass is 10.1. The maximum atomic E-state index is 13.8. The van der Waals surface area contributed by atoms with Crippen LogP contribution in [0.25, 0.3) is 0 Å². The standard InChI is InChI=1S/C16H21FN2O/c1-12-6-7-13(10-12)19(8-9-20-2)16-5-3-4-15(17)14(16)11-18/h3-5,12-13H,6-10H2,1-2H3. The van der Waals surface area contributed by atoms with Gasteiger partial charge in [0.1, 0.15) is 17.4 Å². The summed E-state index contributed by atoms with van der Waals surface area (Å²) >= 11 is 0. The molecule has 0 bridgehead atoms. The second-order valence-corrected chi connectivity index (χ2v) is 5.50. The van der Waals surface area contributed by atoms with E-state index in [2.05, 4.69) is 11.8 Å². The molecule has 1 aromatic rings. The number of benzene rings is 1. The zero-order chi connectivity index (χ0) is 14.5. The normalized spacial score (nSPS) is 21.7. The molecular weight excluding hydrogens is 255 g/mol. The second kappa shape index (κ2) is 6.71. The first kappa shape index (κ1) is 14.8. The van der Waals surface area contributed by atoms with Crippen molar-refractivity contribution in [1.82, 2.24) is 0 Å². The first-order valence-electron chi connectivity index (χ1n) is 7.11. The van der Waals surface area contributed by atoms with Crippen LogP contribution in [0.4, 0.5) is 10.1 Å². The minimum atomic E-state index is -0.446. The van der Waals surface area contributed by atoms with Crippen LogP contribution in [0.1, 0.15) is 31.7 Å². The molecular formula is C16H21FN2O. The van der Waals surface area contributed by atoms with Gasteiger partial charge in [-0.2, -0.15) is 5.26 Å². The van der Waals surface area contributed by atoms with Gasteiger partial charge in [-0.3, -0.25) is 0 Å². The molecule has 0 saturated heterocycles. The Morgan fingerprint density at radius 3 is 2.85 bits per heavy atom. The largest absolute Gasteiger partial charge is 0.383 e. The van der Waals surface area contributed by atoms with E-state index in [1.165, 1.54) is 12.5 Å². The Hall–Kier alpha value is -1.60. The topological polar surface area (TPSA) is 36.3 Å². The molecule has 1 aromatic carbocycles. The molecule has 0 amide bonds. The first-order valence-corrected chi connectivity index (χ1v) is 7.11. The van der Waals surface area contributed by atoms with Gasteiger partial charge in [0.15, 0.2) is 0 Å².